The van der Waals surface area contributed by atoms with Crippen molar-refractivity contribution in [1.82, 2.24) is 0 Å². The van der Waals surface area contributed by atoms with Crippen LogP contribution in [-0.4, -0.2) is 24.8 Å². The standard InChI is InChI=1S/C11H23BrO2S/c1-4-7-15(13,14)8-5-6-11(12)9-10(2)3/h10-11H,4-9H2,1-3H3. The molecule has 0 aliphatic carbocycles. The van der Waals surface area contributed by atoms with E-state index >= 15 is 0 Å². The van der Waals surface area contributed by atoms with E-state index in [1.165, 1.54) is 0 Å². The molecule has 92 valence electrons. The van der Waals surface area contributed by atoms with Crippen LogP contribution in [0.2, 0.25) is 0 Å². The summed E-state index contributed by atoms with van der Waals surface area (Å²) in [6.07, 6.45) is 3.59. The smallest absolute Gasteiger partial charge is 0.150 e. The van der Waals surface area contributed by atoms with Crippen LogP contribution in [0.5, 0.6) is 0 Å². The van der Waals surface area contributed by atoms with Gasteiger partial charge in [-0.1, -0.05) is 36.7 Å². The van der Waals surface area contributed by atoms with E-state index in [9.17, 15) is 8.42 Å². The zero-order chi connectivity index (χ0) is 11.9. The molecule has 0 saturated heterocycles. The molecule has 0 heterocycles. The van der Waals surface area contributed by atoms with Crippen molar-refractivity contribution in [3.05, 3.63) is 0 Å². The Morgan fingerprint density at radius 2 is 1.80 bits per heavy atom. The average Bonchev–Trinajstić information content (AvgIpc) is 2.01. The first-order valence-corrected chi connectivity index (χ1v) is 8.45. The summed E-state index contributed by atoms with van der Waals surface area (Å²) in [4.78, 5) is 0.467. The summed E-state index contributed by atoms with van der Waals surface area (Å²) < 4.78 is 22.8. The number of sulfone groups is 1. The molecule has 0 fully saturated rings. The van der Waals surface area contributed by atoms with Gasteiger partial charge in [-0.2, -0.15) is 0 Å². The molecular weight excluding hydrogens is 276 g/mol. The summed E-state index contributed by atoms with van der Waals surface area (Å²) in [6.45, 7) is 6.27. The van der Waals surface area contributed by atoms with Gasteiger partial charge < -0.3 is 0 Å². The van der Waals surface area contributed by atoms with Crippen molar-refractivity contribution in [3.63, 3.8) is 0 Å². The van der Waals surface area contributed by atoms with Crippen molar-refractivity contribution < 1.29 is 8.42 Å². The van der Waals surface area contributed by atoms with E-state index in [0.717, 1.165) is 25.7 Å². The van der Waals surface area contributed by atoms with Gasteiger partial charge in [-0.25, -0.2) is 8.42 Å². The molecule has 0 saturated carbocycles. The fourth-order valence-electron chi connectivity index (χ4n) is 1.57. The predicted molar refractivity (Wildman–Crippen MR) is 70.3 cm³/mol. The third kappa shape index (κ3) is 9.36. The third-order valence-electron chi connectivity index (χ3n) is 2.21. The molecule has 0 rings (SSSR count). The van der Waals surface area contributed by atoms with E-state index in [2.05, 4.69) is 29.8 Å². The minimum atomic E-state index is -2.78. The predicted octanol–water partition coefficient (Wildman–Crippen LogP) is 3.40. The minimum absolute atomic E-state index is 0.337. The zero-order valence-electron chi connectivity index (χ0n) is 10.0. The van der Waals surface area contributed by atoms with Gasteiger partial charge in [0.15, 0.2) is 0 Å². The summed E-state index contributed by atoms with van der Waals surface area (Å²) >= 11 is 3.59. The van der Waals surface area contributed by atoms with Crippen LogP contribution in [0, 0.1) is 5.92 Å². The van der Waals surface area contributed by atoms with Crippen LogP contribution in [0.3, 0.4) is 0 Å². The van der Waals surface area contributed by atoms with Gasteiger partial charge in [0.1, 0.15) is 9.84 Å². The van der Waals surface area contributed by atoms with E-state index in [4.69, 9.17) is 0 Å². The van der Waals surface area contributed by atoms with Crippen molar-refractivity contribution in [2.45, 2.75) is 51.3 Å². The SMILES string of the molecule is CCCS(=O)(=O)CCCC(Br)CC(C)C. The number of hydrogen-bond donors (Lipinski definition) is 0. The van der Waals surface area contributed by atoms with Crippen molar-refractivity contribution in [2.75, 3.05) is 11.5 Å². The molecule has 0 bridgehead atoms. The van der Waals surface area contributed by atoms with Crippen molar-refractivity contribution in [2.24, 2.45) is 5.92 Å². The molecule has 0 aromatic heterocycles. The first-order valence-electron chi connectivity index (χ1n) is 5.72. The van der Waals surface area contributed by atoms with Crippen molar-refractivity contribution >= 4 is 25.8 Å². The highest BCUT2D eigenvalue weighted by molar-refractivity contribution is 9.09. The maximum Gasteiger partial charge on any atom is 0.150 e. The van der Waals surface area contributed by atoms with Crippen LogP contribution in [0.15, 0.2) is 0 Å². The molecule has 0 spiro atoms. The number of rotatable bonds is 8. The van der Waals surface area contributed by atoms with E-state index in [-0.39, 0.29) is 0 Å². The maximum absolute atomic E-state index is 11.4. The van der Waals surface area contributed by atoms with Crippen LogP contribution in [0.25, 0.3) is 0 Å². The highest BCUT2D eigenvalue weighted by Gasteiger charge is 2.11. The summed E-state index contributed by atoms with van der Waals surface area (Å²) in [5, 5.41) is 0. The summed E-state index contributed by atoms with van der Waals surface area (Å²) in [5.74, 6) is 1.35. The third-order valence-corrected chi connectivity index (χ3v) is 4.99. The number of alkyl halides is 1. The van der Waals surface area contributed by atoms with E-state index in [1.54, 1.807) is 0 Å². The van der Waals surface area contributed by atoms with Gasteiger partial charge in [0, 0.05) is 10.6 Å². The molecule has 0 aliphatic rings. The largest absolute Gasteiger partial charge is 0.229 e. The monoisotopic (exact) mass is 298 g/mol. The molecule has 15 heavy (non-hydrogen) atoms. The first-order chi connectivity index (χ1) is 6.87. The molecule has 4 heteroatoms. The van der Waals surface area contributed by atoms with Gasteiger partial charge in [0.05, 0.1) is 5.75 Å². The van der Waals surface area contributed by atoms with E-state index in [1.807, 2.05) is 6.92 Å². The summed E-state index contributed by atoms with van der Waals surface area (Å²) in [7, 11) is -2.78. The lowest BCUT2D eigenvalue weighted by Gasteiger charge is -2.11. The van der Waals surface area contributed by atoms with Gasteiger partial charge in [0.25, 0.3) is 0 Å². The van der Waals surface area contributed by atoms with Gasteiger partial charge >= 0.3 is 0 Å². The Hall–Kier alpha value is 0.430. The Kier molecular flexibility index (Phi) is 7.88. The van der Waals surface area contributed by atoms with Crippen LogP contribution in [0.4, 0.5) is 0 Å². The highest BCUT2D eigenvalue weighted by Crippen LogP contribution is 2.18. The van der Waals surface area contributed by atoms with Gasteiger partial charge in [0.2, 0.25) is 0 Å². The highest BCUT2D eigenvalue weighted by atomic mass is 79.9. The van der Waals surface area contributed by atoms with Crippen LogP contribution in [-0.2, 0) is 9.84 Å². The molecule has 0 radical (unpaired) electrons. The molecule has 0 aromatic rings. The normalized spacial score (nSPS) is 14.5. The van der Waals surface area contributed by atoms with Crippen molar-refractivity contribution in [3.8, 4) is 0 Å². The molecule has 2 nitrogen and oxygen atoms in total. The van der Waals surface area contributed by atoms with E-state index < -0.39 is 9.84 Å². The van der Waals surface area contributed by atoms with Crippen LogP contribution >= 0.6 is 15.9 Å². The Balaban J connectivity index is 3.70. The first kappa shape index (κ1) is 15.4. The molecule has 1 unspecified atom stereocenters. The minimum Gasteiger partial charge on any atom is -0.229 e. The lowest BCUT2D eigenvalue weighted by atomic mass is 10.1. The summed E-state index contributed by atoms with van der Waals surface area (Å²) in [6, 6.07) is 0. The topological polar surface area (TPSA) is 34.1 Å². The van der Waals surface area contributed by atoms with Crippen molar-refractivity contribution in [1.29, 1.82) is 0 Å². The fourth-order valence-corrected chi connectivity index (χ4v) is 4.07. The Morgan fingerprint density at radius 1 is 1.20 bits per heavy atom. The molecule has 0 amide bonds. The Bertz CT molecular complexity index is 247. The fraction of sp³-hybridized carbons (Fsp3) is 1.00. The molecular formula is C11H23BrO2S. The molecule has 0 aromatic carbocycles. The Morgan fingerprint density at radius 3 is 2.27 bits per heavy atom. The van der Waals surface area contributed by atoms with Crippen LogP contribution < -0.4 is 0 Å². The molecule has 0 N–H and O–H groups in total. The van der Waals surface area contributed by atoms with Crippen LogP contribution in [0.1, 0.15) is 46.5 Å². The lowest BCUT2D eigenvalue weighted by Crippen LogP contribution is -2.12. The quantitative estimate of drug-likeness (QED) is 0.644. The zero-order valence-corrected chi connectivity index (χ0v) is 12.4. The maximum atomic E-state index is 11.4. The number of hydrogen-bond acceptors (Lipinski definition) is 2. The summed E-state index contributed by atoms with van der Waals surface area (Å²) in [5.41, 5.74) is 0. The second kappa shape index (κ2) is 7.66. The lowest BCUT2D eigenvalue weighted by molar-refractivity contribution is 0.547. The van der Waals surface area contributed by atoms with Gasteiger partial charge in [-0.3, -0.25) is 0 Å². The number of halogens is 1. The molecule has 0 aliphatic heterocycles. The van der Waals surface area contributed by atoms with E-state index in [0.29, 0.717) is 22.3 Å². The van der Waals surface area contributed by atoms with Gasteiger partial charge in [-0.05, 0) is 31.6 Å². The Labute approximate surface area is 103 Å². The van der Waals surface area contributed by atoms with Gasteiger partial charge in [-0.15, -0.1) is 0 Å². The second-order valence-electron chi connectivity index (χ2n) is 4.52. The average molecular weight is 299 g/mol. The second-order valence-corrected chi connectivity index (χ2v) is 8.12. The molecule has 1 atom stereocenters.